The van der Waals surface area contributed by atoms with Crippen molar-refractivity contribution in [2.45, 2.75) is 117 Å². The summed E-state index contributed by atoms with van der Waals surface area (Å²) in [5.41, 5.74) is 3.21. The van der Waals surface area contributed by atoms with Gasteiger partial charge in [0.15, 0.2) is 0 Å². The number of pyridine rings is 1. The van der Waals surface area contributed by atoms with E-state index in [2.05, 4.69) is 87.8 Å². The van der Waals surface area contributed by atoms with Crippen LogP contribution in [0.4, 0.5) is 0 Å². The van der Waals surface area contributed by atoms with Crippen LogP contribution in [-0.2, 0) is 16.6 Å². The number of hydrogen-bond acceptors (Lipinski definition) is 4. The van der Waals surface area contributed by atoms with Gasteiger partial charge in [0.25, 0.3) is 0 Å². The molecule has 4 aliphatic carbocycles. The van der Waals surface area contributed by atoms with E-state index in [0.717, 1.165) is 47.5 Å². The van der Waals surface area contributed by atoms with Crippen LogP contribution in [0.3, 0.4) is 0 Å². The largest absolute Gasteiger partial charge is 0.390 e. The Morgan fingerprint density at radius 2 is 1.81 bits per heavy atom. The summed E-state index contributed by atoms with van der Waals surface area (Å²) in [4.78, 5) is 19.9. The normalized spacial score (nSPS) is 36.9. The molecule has 5 heteroatoms. The van der Waals surface area contributed by atoms with Gasteiger partial charge in [-0.2, -0.15) is 0 Å². The number of aromatic nitrogens is 1. The van der Waals surface area contributed by atoms with Gasteiger partial charge in [-0.3, -0.25) is 9.78 Å². The number of halogens is 1. The van der Waals surface area contributed by atoms with Crippen molar-refractivity contribution in [1.82, 2.24) is 4.98 Å². The molecule has 0 spiro atoms. The van der Waals surface area contributed by atoms with E-state index in [4.69, 9.17) is 4.98 Å². The van der Waals surface area contributed by atoms with Gasteiger partial charge in [0.2, 0.25) is 0 Å². The first-order valence-corrected chi connectivity index (χ1v) is 17.0. The molecule has 0 aliphatic heterocycles. The molecule has 4 nitrogen and oxygen atoms in total. The zero-order valence-electron chi connectivity index (χ0n) is 26.9. The van der Waals surface area contributed by atoms with Gasteiger partial charge < -0.3 is 10.2 Å². The highest BCUT2D eigenvalue weighted by Gasteiger charge is 2.70. The van der Waals surface area contributed by atoms with Crippen molar-refractivity contribution in [3.05, 3.63) is 51.6 Å². The topological polar surface area (TPSA) is 70.4 Å². The molecular formula is C37H50BrNO3. The first-order chi connectivity index (χ1) is 19.4. The summed E-state index contributed by atoms with van der Waals surface area (Å²) in [5.74, 6) is 1.79. The van der Waals surface area contributed by atoms with E-state index in [0.29, 0.717) is 36.4 Å². The highest BCUT2D eigenvalue weighted by Crippen LogP contribution is 2.73. The zero-order valence-corrected chi connectivity index (χ0v) is 28.4. The second-order valence-corrected chi connectivity index (χ2v) is 17.2. The second-order valence-electron chi connectivity index (χ2n) is 16.2. The van der Waals surface area contributed by atoms with Crippen LogP contribution < -0.4 is 0 Å². The number of fused-ring (bicyclic) bond motifs is 7. The molecule has 0 radical (unpaired) electrons. The van der Waals surface area contributed by atoms with E-state index in [-0.39, 0.29) is 22.2 Å². The fourth-order valence-corrected chi connectivity index (χ4v) is 10.9. The standard InChI is InChI=1S/C37H50BrNO3/c1-21(9-14-30(40)34(4,5)42)25-15-16-35(6)29-13-12-26-27(37(29,8)31(41)20-36(25,35)7)18-23-17-22-10-11-24(38)19-28(22)39-32(23)33(26,2)3/h10-12,17,19,21,25,27,29-30,40,42H,9,13-16,18,20H2,1-8H3/t21-,25-,27-,29+,30-,35+,36-,37+/m1/s1. The molecule has 1 aromatic heterocycles. The van der Waals surface area contributed by atoms with Crippen LogP contribution in [0.1, 0.15) is 105 Å². The van der Waals surface area contributed by atoms with Crippen LogP contribution in [-0.4, -0.2) is 32.7 Å². The molecule has 42 heavy (non-hydrogen) atoms. The average Bonchev–Trinajstić information content (AvgIpc) is 3.17. The fraction of sp³-hybridized carbons (Fsp3) is 0.676. The number of aliphatic hydroxyl groups is 2. The first kappa shape index (κ1) is 30.5. The number of rotatable bonds is 5. The van der Waals surface area contributed by atoms with Crippen LogP contribution in [0.25, 0.3) is 10.9 Å². The molecule has 0 unspecified atom stereocenters. The third-order valence-electron chi connectivity index (χ3n) is 13.4. The SMILES string of the molecule is C[C@H](CC[C@@H](O)C(C)(C)O)[C@H]1CC[C@@]2(C)[C@@H]3CC=C4[C@@H](Cc5cc6ccc(Br)cc6nc5C4(C)C)[C@]3(C)C(=O)C[C@]12C. The number of allylic oxidation sites excluding steroid dienone is 2. The van der Waals surface area contributed by atoms with Crippen molar-refractivity contribution in [3.8, 4) is 0 Å². The van der Waals surface area contributed by atoms with Crippen LogP contribution >= 0.6 is 15.9 Å². The predicted octanol–water partition coefficient (Wildman–Crippen LogP) is 8.34. The predicted molar refractivity (Wildman–Crippen MR) is 173 cm³/mol. The van der Waals surface area contributed by atoms with E-state index in [1.165, 1.54) is 16.8 Å². The molecule has 0 bridgehead atoms. The van der Waals surface area contributed by atoms with Gasteiger partial charge in [-0.05, 0) is 111 Å². The summed E-state index contributed by atoms with van der Waals surface area (Å²) >= 11 is 3.62. The summed E-state index contributed by atoms with van der Waals surface area (Å²) in [5, 5.41) is 22.0. The number of benzene rings is 1. The molecule has 4 aliphatic rings. The smallest absolute Gasteiger partial charge is 0.140 e. The highest BCUT2D eigenvalue weighted by molar-refractivity contribution is 9.10. The number of Topliss-reactive ketones (excluding diaryl/α,β-unsaturated/α-hetero) is 1. The van der Waals surface area contributed by atoms with E-state index >= 15 is 0 Å². The Hall–Kier alpha value is -1.56. The summed E-state index contributed by atoms with van der Waals surface area (Å²) in [7, 11) is 0. The van der Waals surface area contributed by atoms with Crippen molar-refractivity contribution in [1.29, 1.82) is 0 Å². The Labute approximate surface area is 260 Å². The Morgan fingerprint density at radius 1 is 1.10 bits per heavy atom. The number of nitrogens with zero attached hydrogens (tertiary/aromatic N) is 1. The number of ketones is 1. The third-order valence-corrected chi connectivity index (χ3v) is 13.9. The highest BCUT2D eigenvalue weighted by atomic mass is 79.9. The summed E-state index contributed by atoms with van der Waals surface area (Å²) in [6.45, 7) is 17.6. The molecule has 2 N–H and O–H groups in total. The minimum atomic E-state index is -1.09. The number of hydrogen-bond donors (Lipinski definition) is 2. The van der Waals surface area contributed by atoms with Gasteiger partial charge in [-0.15, -0.1) is 0 Å². The Bertz CT molecular complexity index is 1470. The molecular weight excluding hydrogens is 586 g/mol. The zero-order chi connectivity index (χ0) is 30.6. The number of carbonyl (C=O) groups excluding carboxylic acids is 1. The van der Waals surface area contributed by atoms with Crippen molar-refractivity contribution < 1.29 is 15.0 Å². The molecule has 0 amide bonds. The molecule has 1 heterocycles. The van der Waals surface area contributed by atoms with E-state index < -0.39 is 17.1 Å². The van der Waals surface area contributed by atoms with E-state index in [1.54, 1.807) is 13.8 Å². The monoisotopic (exact) mass is 635 g/mol. The quantitative estimate of drug-likeness (QED) is 0.324. The number of aliphatic hydroxyl groups excluding tert-OH is 1. The summed E-state index contributed by atoms with van der Waals surface area (Å²) in [6.07, 6.45) is 8.00. The van der Waals surface area contributed by atoms with Crippen molar-refractivity contribution >= 4 is 32.6 Å². The lowest BCUT2D eigenvalue weighted by Gasteiger charge is -2.64. The first-order valence-electron chi connectivity index (χ1n) is 16.2. The van der Waals surface area contributed by atoms with Gasteiger partial charge in [0.1, 0.15) is 5.78 Å². The number of carbonyl (C=O) groups is 1. The molecule has 228 valence electrons. The molecule has 0 saturated heterocycles. The maximum Gasteiger partial charge on any atom is 0.140 e. The van der Waals surface area contributed by atoms with Gasteiger partial charge in [0, 0.05) is 27.1 Å². The molecule has 6 rings (SSSR count). The maximum atomic E-state index is 14.7. The molecule has 2 aromatic rings. The van der Waals surface area contributed by atoms with Gasteiger partial charge in [-0.1, -0.05) is 75.2 Å². The van der Waals surface area contributed by atoms with Crippen LogP contribution in [0.15, 0.2) is 40.4 Å². The van der Waals surface area contributed by atoms with Crippen LogP contribution in [0.5, 0.6) is 0 Å². The Kier molecular flexibility index (Phi) is 7.05. The van der Waals surface area contributed by atoms with E-state index in [9.17, 15) is 15.0 Å². The van der Waals surface area contributed by atoms with Crippen molar-refractivity contribution in [2.75, 3.05) is 0 Å². The molecule has 8 atom stereocenters. The Balaban J connectivity index is 1.35. The van der Waals surface area contributed by atoms with Crippen molar-refractivity contribution in [2.24, 2.45) is 39.9 Å². The van der Waals surface area contributed by atoms with Crippen molar-refractivity contribution in [3.63, 3.8) is 0 Å². The average molecular weight is 637 g/mol. The minimum absolute atomic E-state index is 0.0636. The molecule has 1 aromatic carbocycles. The van der Waals surface area contributed by atoms with E-state index in [1.807, 2.05) is 0 Å². The Morgan fingerprint density at radius 3 is 2.50 bits per heavy atom. The van der Waals surface area contributed by atoms with Gasteiger partial charge in [-0.25, -0.2) is 0 Å². The second kappa shape index (κ2) is 9.72. The lowest BCUT2D eigenvalue weighted by atomic mass is 9.38. The molecule has 2 saturated carbocycles. The minimum Gasteiger partial charge on any atom is -0.390 e. The van der Waals surface area contributed by atoms with Gasteiger partial charge >= 0.3 is 0 Å². The van der Waals surface area contributed by atoms with Crippen LogP contribution in [0.2, 0.25) is 0 Å². The fourth-order valence-electron chi connectivity index (χ4n) is 10.6. The van der Waals surface area contributed by atoms with Gasteiger partial charge in [0.05, 0.1) is 22.9 Å². The third kappa shape index (κ3) is 4.19. The maximum absolute atomic E-state index is 14.7. The van der Waals surface area contributed by atoms with Crippen LogP contribution in [0, 0.1) is 39.9 Å². The summed E-state index contributed by atoms with van der Waals surface area (Å²) in [6, 6.07) is 8.68. The summed E-state index contributed by atoms with van der Waals surface area (Å²) < 4.78 is 1.04. The molecule has 2 fully saturated rings. The lowest BCUT2D eigenvalue weighted by molar-refractivity contribution is -0.168. The lowest BCUT2D eigenvalue weighted by Crippen LogP contribution is -2.63.